The molecule has 0 bridgehead atoms. The molecule has 36 heavy (non-hydrogen) atoms. The Kier molecular flexibility index (Phi) is 6.35. The molecule has 5 heteroatoms. The number of hydrogen-bond acceptors (Lipinski definition) is 5. The van der Waals surface area contributed by atoms with Gasteiger partial charge in [-0.1, -0.05) is 46.6 Å². The smallest absolute Gasteiger partial charge is 0.308 e. The molecule has 1 spiro atoms. The number of Topliss-reactive ketones (excluding diaryl/α,β-unsaturated/α-hetero) is 1. The van der Waals surface area contributed by atoms with Crippen LogP contribution in [0.5, 0.6) is 0 Å². The van der Waals surface area contributed by atoms with E-state index in [2.05, 4.69) is 33.8 Å². The number of allylic oxidation sites excluding steroid dienone is 1. The third kappa shape index (κ3) is 3.47. The highest BCUT2D eigenvalue weighted by Crippen LogP contribution is 2.76. The van der Waals surface area contributed by atoms with Gasteiger partial charge in [0.2, 0.25) is 0 Å². The van der Waals surface area contributed by atoms with E-state index in [1.165, 1.54) is 38.5 Å². The third-order valence-corrected chi connectivity index (χ3v) is 12.5. The van der Waals surface area contributed by atoms with Crippen molar-refractivity contribution >= 4 is 11.8 Å². The van der Waals surface area contributed by atoms with Crippen LogP contribution in [-0.4, -0.2) is 40.3 Å². The molecule has 0 heterocycles. The standard InChI is InChI=1S/C31H48O5/c1-7-28(4)12-8-13-29(5)22(28)11-14-30(6)23-10-9-20(19(3)33)27-21(34)17-31(23,27)25(16-24(29)30)36-26(35)15-18(2)32/h9,18,21-25,27,32,34H,7-8,10-17H2,1-6H3/t18?,21-,22+,23+,24-,25+,27-,28+,29+,30+,31-/m1/s1. The first kappa shape index (κ1) is 26.4. The average Bonchev–Trinajstić information content (AvgIpc) is 2.77. The van der Waals surface area contributed by atoms with E-state index in [1.807, 2.05) is 0 Å². The normalized spacial score (nSPS) is 50.3. The molecule has 1 unspecified atom stereocenters. The summed E-state index contributed by atoms with van der Waals surface area (Å²) in [6.07, 6.45) is 10.1. The molecule has 0 aromatic rings. The van der Waals surface area contributed by atoms with Crippen molar-refractivity contribution in [2.75, 3.05) is 0 Å². The van der Waals surface area contributed by atoms with Crippen LogP contribution in [0.3, 0.4) is 0 Å². The van der Waals surface area contributed by atoms with Gasteiger partial charge >= 0.3 is 5.97 Å². The van der Waals surface area contributed by atoms with Gasteiger partial charge in [-0.2, -0.15) is 0 Å². The Morgan fingerprint density at radius 2 is 1.81 bits per heavy atom. The van der Waals surface area contributed by atoms with Crippen LogP contribution in [0, 0.1) is 45.3 Å². The number of carbonyl (C=O) groups excluding carboxylic acids is 2. The van der Waals surface area contributed by atoms with Gasteiger partial charge in [0.25, 0.3) is 0 Å². The predicted octanol–water partition coefficient (Wildman–Crippen LogP) is 5.61. The lowest BCUT2D eigenvalue weighted by molar-refractivity contribution is -0.288. The van der Waals surface area contributed by atoms with Crippen molar-refractivity contribution in [3.8, 4) is 0 Å². The van der Waals surface area contributed by atoms with Crippen LogP contribution in [0.15, 0.2) is 11.6 Å². The quantitative estimate of drug-likeness (QED) is 0.479. The number of aliphatic hydroxyl groups is 2. The van der Waals surface area contributed by atoms with Gasteiger partial charge in [0.15, 0.2) is 5.78 Å². The molecule has 0 aromatic heterocycles. The summed E-state index contributed by atoms with van der Waals surface area (Å²) in [6, 6.07) is 0. The molecule has 4 saturated carbocycles. The molecular weight excluding hydrogens is 452 g/mol. The molecule has 5 rings (SSSR count). The largest absolute Gasteiger partial charge is 0.462 e. The lowest BCUT2D eigenvalue weighted by Gasteiger charge is -2.74. The Hall–Kier alpha value is -1.20. The lowest BCUT2D eigenvalue weighted by atomic mass is 9.31. The topological polar surface area (TPSA) is 83.8 Å². The maximum absolute atomic E-state index is 13.0. The number of hydrogen-bond donors (Lipinski definition) is 2. The average molecular weight is 501 g/mol. The molecule has 0 radical (unpaired) electrons. The van der Waals surface area contributed by atoms with Gasteiger partial charge < -0.3 is 14.9 Å². The number of carbonyl (C=O) groups is 2. The fourth-order valence-corrected chi connectivity index (χ4v) is 11.0. The van der Waals surface area contributed by atoms with Crippen LogP contribution >= 0.6 is 0 Å². The first-order valence-electron chi connectivity index (χ1n) is 14.6. The zero-order chi connectivity index (χ0) is 26.3. The summed E-state index contributed by atoms with van der Waals surface area (Å²) < 4.78 is 6.32. The highest BCUT2D eigenvalue weighted by atomic mass is 16.5. The Labute approximate surface area is 217 Å². The monoisotopic (exact) mass is 500 g/mol. The SMILES string of the molecule is CC[C@@]1(C)CCC[C@]2(C)[C@H]3C[C@H](OC(=O)CC(C)O)[C@]45C[C@@H](O)[C@H]4C(C(C)=O)=CC[C@H]5[C@]3(C)CC[C@@H]12. The minimum atomic E-state index is -0.748. The molecule has 0 amide bonds. The van der Waals surface area contributed by atoms with Gasteiger partial charge in [0.1, 0.15) is 6.10 Å². The first-order valence-corrected chi connectivity index (χ1v) is 14.6. The maximum atomic E-state index is 13.0. The van der Waals surface area contributed by atoms with E-state index in [4.69, 9.17) is 4.74 Å². The summed E-state index contributed by atoms with van der Waals surface area (Å²) in [5.74, 6) is 0.788. The second-order valence-electron chi connectivity index (χ2n) is 14.1. The first-order chi connectivity index (χ1) is 16.8. The van der Waals surface area contributed by atoms with Crippen molar-refractivity contribution in [2.24, 2.45) is 45.3 Å². The molecule has 5 aliphatic rings. The number of aliphatic hydroxyl groups excluding tert-OH is 2. The zero-order valence-corrected chi connectivity index (χ0v) is 23.3. The summed E-state index contributed by atoms with van der Waals surface area (Å²) >= 11 is 0. The third-order valence-electron chi connectivity index (χ3n) is 12.5. The molecular formula is C31H48O5. The van der Waals surface area contributed by atoms with Crippen molar-refractivity contribution in [1.82, 2.24) is 0 Å². The van der Waals surface area contributed by atoms with Crippen molar-refractivity contribution < 1.29 is 24.5 Å². The molecule has 5 aliphatic carbocycles. The van der Waals surface area contributed by atoms with E-state index >= 15 is 0 Å². The zero-order valence-electron chi connectivity index (χ0n) is 23.3. The Morgan fingerprint density at radius 3 is 2.42 bits per heavy atom. The van der Waals surface area contributed by atoms with Gasteiger partial charge in [-0.05, 0) is 98.4 Å². The van der Waals surface area contributed by atoms with Crippen LogP contribution < -0.4 is 0 Å². The second-order valence-corrected chi connectivity index (χ2v) is 14.1. The fraction of sp³-hybridized carbons (Fsp3) is 0.871. The molecule has 2 N–H and O–H groups in total. The molecule has 0 aromatic carbocycles. The summed E-state index contributed by atoms with van der Waals surface area (Å²) in [5, 5.41) is 20.9. The highest BCUT2D eigenvalue weighted by Gasteiger charge is 2.74. The molecule has 4 fully saturated rings. The van der Waals surface area contributed by atoms with Crippen LogP contribution in [-0.2, 0) is 14.3 Å². The van der Waals surface area contributed by atoms with Gasteiger partial charge in [0.05, 0.1) is 18.6 Å². The van der Waals surface area contributed by atoms with Crippen molar-refractivity contribution in [1.29, 1.82) is 0 Å². The lowest BCUT2D eigenvalue weighted by Crippen LogP contribution is -2.73. The summed E-state index contributed by atoms with van der Waals surface area (Å²) in [6.45, 7) is 13.1. The number of fused-ring (bicyclic) bond motifs is 4. The van der Waals surface area contributed by atoms with Crippen molar-refractivity contribution in [2.45, 2.75) is 124 Å². The van der Waals surface area contributed by atoms with Crippen molar-refractivity contribution in [3.05, 3.63) is 11.6 Å². The van der Waals surface area contributed by atoms with Crippen molar-refractivity contribution in [3.63, 3.8) is 0 Å². The van der Waals surface area contributed by atoms with E-state index in [0.717, 1.165) is 18.4 Å². The number of ketones is 1. The predicted molar refractivity (Wildman–Crippen MR) is 139 cm³/mol. The van der Waals surface area contributed by atoms with E-state index < -0.39 is 12.2 Å². The Bertz CT molecular complexity index is 955. The highest BCUT2D eigenvalue weighted by molar-refractivity contribution is 5.94. The van der Waals surface area contributed by atoms with Crippen LogP contribution in [0.1, 0.15) is 106 Å². The van der Waals surface area contributed by atoms with Crippen LogP contribution in [0.2, 0.25) is 0 Å². The summed E-state index contributed by atoms with van der Waals surface area (Å²) in [7, 11) is 0. The Morgan fingerprint density at radius 1 is 1.11 bits per heavy atom. The Balaban J connectivity index is 1.60. The van der Waals surface area contributed by atoms with E-state index in [9.17, 15) is 19.8 Å². The minimum absolute atomic E-state index is 0.0182. The molecule has 0 saturated heterocycles. The molecule has 0 aliphatic heterocycles. The molecule has 5 nitrogen and oxygen atoms in total. The van der Waals surface area contributed by atoms with Gasteiger partial charge in [-0.25, -0.2) is 0 Å². The van der Waals surface area contributed by atoms with Gasteiger partial charge in [0, 0.05) is 11.3 Å². The molecule has 11 atom stereocenters. The summed E-state index contributed by atoms with van der Waals surface area (Å²) in [5.41, 5.74) is 0.975. The maximum Gasteiger partial charge on any atom is 0.308 e. The summed E-state index contributed by atoms with van der Waals surface area (Å²) in [4.78, 5) is 25.7. The number of rotatable bonds is 5. The molecule has 202 valence electrons. The second kappa shape index (κ2) is 8.66. The van der Waals surface area contributed by atoms with Crippen LogP contribution in [0.4, 0.5) is 0 Å². The fourth-order valence-electron chi connectivity index (χ4n) is 11.0. The van der Waals surface area contributed by atoms with E-state index in [-0.39, 0.29) is 52.4 Å². The van der Waals surface area contributed by atoms with Gasteiger partial charge in [-0.15, -0.1) is 0 Å². The van der Waals surface area contributed by atoms with Gasteiger partial charge in [-0.3, -0.25) is 9.59 Å². The van der Waals surface area contributed by atoms with E-state index in [0.29, 0.717) is 23.7 Å². The number of ether oxygens (including phenoxy) is 1. The van der Waals surface area contributed by atoms with Crippen LogP contribution in [0.25, 0.3) is 0 Å². The van der Waals surface area contributed by atoms with E-state index in [1.54, 1.807) is 13.8 Å². The number of esters is 1. The minimum Gasteiger partial charge on any atom is -0.462 e.